The second-order valence-corrected chi connectivity index (χ2v) is 4.49. The van der Waals surface area contributed by atoms with Crippen LogP contribution < -0.4 is 11.1 Å². The first-order chi connectivity index (χ1) is 5.88. The van der Waals surface area contributed by atoms with Gasteiger partial charge >= 0.3 is 6.09 Å². The van der Waals surface area contributed by atoms with Crippen molar-refractivity contribution < 1.29 is 9.53 Å². The van der Waals surface area contributed by atoms with Gasteiger partial charge in [0.1, 0.15) is 5.60 Å². The Bertz CT molecular complexity index is 198. The van der Waals surface area contributed by atoms with Crippen molar-refractivity contribution in [1.82, 2.24) is 5.32 Å². The maximum absolute atomic E-state index is 11.2. The minimum atomic E-state index is -0.433. The van der Waals surface area contributed by atoms with E-state index in [-0.39, 0.29) is 18.2 Å². The SMILES string of the molecule is CC(C)(C)OC(=O)NC1CC[C@@H]1N. The fraction of sp³-hybridized carbons (Fsp3) is 0.889. The van der Waals surface area contributed by atoms with Crippen molar-refractivity contribution >= 4 is 6.09 Å². The molecular formula is C9H18N2O2. The Labute approximate surface area is 78.8 Å². The van der Waals surface area contributed by atoms with Gasteiger partial charge < -0.3 is 15.8 Å². The maximum Gasteiger partial charge on any atom is 0.407 e. The number of carbonyl (C=O) groups is 1. The minimum absolute atomic E-state index is 0.104. The van der Waals surface area contributed by atoms with Gasteiger partial charge in [-0.2, -0.15) is 0 Å². The highest BCUT2D eigenvalue weighted by Gasteiger charge is 2.30. The molecule has 1 fully saturated rings. The van der Waals surface area contributed by atoms with E-state index in [4.69, 9.17) is 10.5 Å². The van der Waals surface area contributed by atoms with Crippen molar-refractivity contribution in [2.24, 2.45) is 5.73 Å². The Morgan fingerprint density at radius 2 is 2.08 bits per heavy atom. The lowest BCUT2D eigenvalue weighted by Gasteiger charge is -2.34. The summed E-state index contributed by atoms with van der Waals surface area (Å²) >= 11 is 0. The van der Waals surface area contributed by atoms with E-state index in [1.807, 2.05) is 20.8 Å². The molecule has 1 rings (SSSR count). The van der Waals surface area contributed by atoms with Gasteiger partial charge in [0, 0.05) is 12.1 Å². The van der Waals surface area contributed by atoms with Crippen LogP contribution in [0, 0.1) is 0 Å². The van der Waals surface area contributed by atoms with Crippen molar-refractivity contribution in [3.8, 4) is 0 Å². The number of hydrogen-bond acceptors (Lipinski definition) is 3. The maximum atomic E-state index is 11.2. The molecule has 0 bridgehead atoms. The van der Waals surface area contributed by atoms with E-state index < -0.39 is 5.60 Å². The Hall–Kier alpha value is -0.770. The molecule has 0 aromatic rings. The first kappa shape index (κ1) is 10.3. The Balaban J connectivity index is 2.25. The van der Waals surface area contributed by atoms with Gasteiger partial charge in [-0.05, 0) is 33.6 Å². The molecular weight excluding hydrogens is 168 g/mol. The summed E-state index contributed by atoms with van der Waals surface area (Å²) in [6.07, 6.45) is 1.58. The zero-order valence-electron chi connectivity index (χ0n) is 8.46. The van der Waals surface area contributed by atoms with Crippen LogP contribution in [0.1, 0.15) is 33.6 Å². The van der Waals surface area contributed by atoms with E-state index in [9.17, 15) is 4.79 Å². The molecule has 0 radical (unpaired) electrons. The summed E-state index contributed by atoms with van der Waals surface area (Å²) < 4.78 is 5.09. The van der Waals surface area contributed by atoms with Gasteiger partial charge in [0.25, 0.3) is 0 Å². The molecule has 13 heavy (non-hydrogen) atoms. The van der Waals surface area contributed by atoms with E-state index in [1.165, 1.54) is 0 Å². The lowest BCUT2D eigenvalue weighted by atomic mass is 9.87. The topological polar surface area (TPSA) is 64.3 Å². The molecule has 0 saturated heterocycles. The van der Waals surface area contributed by atoms with Gasteiger partial charge in [-0.25, -0.2) is 4.79 Å². The third kappa shape index (κ3) is 3.22. The third-order valence-corrected chi connectivity index (χ3v) is 2.03. The normalized spacial score (nSPS) is 27.7. The molecule has 0 aromatic heterocycles. The second-order valence-electron chi connectivity index (χ2n) is 4.49. The molecule has 4 nitrogen and oxygen atoms in total. The van der Waals surface area contributed by atoms with Crippen LogP contribution in [0.15, 0.2) is 0 Å². The van der Waals surface area contributed by atoms with Crippen LogP contribution in [0.25, 0.3) is 0 Å². The number of nitrogens with one attached hydrogen (secondary N) is 1. The molecule has 1 aliphatic carbocycles. The standard InChI is InChI=1S/C9H18N2O2/c1-9(2,3)13-8(12)11-7-5-4-6(7)10/h6-7H,4-5,10H2,1-3H3,(H,11,12)/t6-,7?/m0/s1. The van der Waals surface area contributed by atoms with Crippen LogP contribution in [-0.2, 0) is 4.74 Å². The van der Waals surface area contributed by atoms with Crippen molar-refractivity contribution in [3.05, 3.63) is 0 Å². The van der Waals surface area contributed by atoms with E-state index >= 15 is 0 Å². The molecule has 1 aliphatic rings. The summed E-state index contributed by atoms with van der Waals surface area (Å²) in [4.78, 5) is 11.2. The summed E-state index contributed by atoms with van der Waals surface area (Å²) in [7, 11) is 0. The highest BCUT2D eigenvalue weighted by atomic mass is 16.6. The quantitative estimate of drug-likeness (QED) is 0.642. The van der Waals surface area contributed by atoms with E-state index in [0.29, 0.717) is 0 Å². The van der Waals surface area contributed by atoms with E-state index in [0.717, 1.165) is 12.8 Å². The fourth-order valence-electron chi connectivity index (χ4n) is 1.16. The van der Waals surface area contributed by atoms with Crippen molar-refractivity contribution in [1.29, 1.82) is 0 Å². The highest BCUT2D eigenvalue weighted by molar-refractivity contribution is 5.68. The van der Waals surface area contributed by atoms with E-state index in [1.54, 1.807) is 0 Å². The molecule has 2 atom stereocenters. The Morgan fingerprint density at radius 1 is 1.46 bits per heavy atom. The van der Waals surface area contributed by atoms with Gasteiger partial charge in [0.2, 0.25) is 0 Å². The number of hydrogen-bond donors (Lipinski definition) is 2. The van der Waals surface area contributed by atoms with Crippen LogP contribution in [0.4, 0.5) is 4.79 Å². The fourth-order valence-corrected chi connectivity index (χ4v) is 1.16. The molecule has 3 N–H and O–H groups in total. The summed E-state index contributed by atoms with van der Waals surface area (Å²) in [6.45, 7) is 5.52. The zero-order valence-corrected chi connectivity index (χ0v) is 8.46. The van der Waals surface area contributed by atoms with E-state index in [2.05, 4.69) is 5.32 Å². The van der Waals surface area contributed by atoms with Crippen molar-refractivity contribution in [3.63, 3.8) is 0 Å². The van der Waals surface area contributed by atoms with Gasteiger partial charge in [-0.15, -0.1) is 0 Å². The average Bonchev–Trinajstić information content (AvgIpc) is 1.94. The molecule has 76 valence electrons. The first-order valence-electron chi connectivity index (χ1n) is 4.63. The predicted octanol–water partition coefficient (Wildman–Crippen LogP) is 1.00. The summed E-state index contributed by atoms with van der Waals surface area (Å²) in [5.74, 6) is 0. The second kappa shape index (κ2) is 3.54. The summed E-state index contributed by atoms with van der Waals surface area (Å²) in [6, 6.07) is 0.211. The van der Waals surface area contributed by atoms with Crippen LogP contribution in [0.5, 0.6) is 0 Å². The molecule has 0 heterocycles. The number of amides is 1. The molecule has 1 unspecified atom stereocenters. The number of rotatable bonds is 1. The summed E-state index contributed by atoms with van der Waals surface area (Å²) in [5.41, 5.74) is 5.23. The minimum Gasteiger partial charge on any atom is -0.444 e. The van der Waals surface area contributed by atoms with Crippen LogP contribution in [-0.4, -0.2) is 23.8 Å². The lowest BCUT2D eigenvalue weighted by molar-refractivity contribution is 0.0467. The predicted molar refractivity (Wildman–Crippen MR) is 50.4 cm³/mol. The van der Waals surface area contributed by atoms with Gasteiger partial charge in [-0.1, -0.05) is 0 Å². The Morgan fingerprint density at radius 3 is 2.38 bits per heavy atom. The van der Waals surface area contributed by atoms with Crippen molar-refractivity contribution in [2.45, 2.75) is 51.3 Å². The first-order valence-corrected chi connectivity index (χ1v) is 4.63. The molecule has 0 aromatic carbocycles. The molecule has 0 aliphatic heterocycles. The van der Waals surface area contributed by atoms with Crippen LogP contribution in [0.2, 0.25) is 0 Å². The largest absolute Gasteiger partial charge is 0.444 e. The van der Waals surface area contributed by atoms with Crippen molar-refractivity contribution in [2.75, 3.05) is 0 Å². The number of ether oxygens (including phenoxy) is 1. The zero-order chi connectivity index (χ0) is 10.1. The molecule has 0 spiro atoms. The monoisotopic (exact) mass is 186 g/mol. The number of alkyl carbamates (subject to hydrolysis) is 1. The summed E-state index contributed by atoms with van der Waals surface area (Å²) in [5, 5.41) is 2.74. The third-order valence-electron chi connectivity index (χ3n) is 2.03. The van der Waals surface area contributed by atoms with Crippen LogP contribution >= 0.6 is 0 Å². The average molecular weight is 186 g/mol. The molecule has 4 heteroatoms. The number of carbonyl (C=O) groups excluding carboxylic acids is 1. The van der Waals surface area contributed by atoms with Gasteiger partial charge in [0.05, 0.1) is 0 Å². The molecule has 1 amide bonds. The van der Waals surface area contributed by atoms with Crippen LogP contribution in [0.3, 0.4) is 0 Å². The Kier molecular flexibility index (Phi) is 2.81. The highest BCUT2D eigenvalue weighted by Crippen LogP contribution is 2.18. The lowest BCUT2D eigenvalue weighted by Crippen LogP contribution is -2.55. The number of nitrogens with two attached hydrogens (primary N) is 1. The van der Waals surface area contributed by atoms with Gasteiger partial charge in [0.15, 0.2) is 0 Å². The van der Waals surface area contributed by atoms with Gasteiger partial charge in [-0.3, -0.25) is 0 Å². The molecule has 1 saturated carbocycles. The smallest absolute Gasteiger partial charge is 0.407 e.